The normalized spacial score (nSPS) is 11.7. The molecule has 0 saturated carbocycles. The van der Waals surface area contributed by atoms with Crippen molar-refractivity contribution in [1.29, 1.82) is 0 Å². The predicted octanol–water partition coefficient (Wildman–Crippen LogP) is 1.53. The fraction of sp³-hybridized carbons (Fsp3) is 0.222. The first-order valence-corrected chi connectivity index (χ1v) is 7.91. The van der Waals surface area contributed by atoms with Gasteiger partial charge in [-0.25, -0.2) is 4.79 Å². The standard InChI is InChI=1S/C18H19N3O4/c22-17(11-21-18(23)20-9-13-4-2-1-3-5-13)19-10-14-6-7-15-16(8-14)25-12-24-15/h1-8H,9-12H2,(H,19,22)(H2,20,21,23). The average molecular weight is 341 g/mol. The Morgan fingerprint density at radius 1 is 0.840 bits per heavy atom. The molecule has 0 unspecified atom stereocenters. The van der Waals surface area contributed by atoms with E-state index in [4.69, 9.17) is 9.47 Å². The number of benzene rings is 2. The zero-order chi connectivity index (χ0) is 17.5. The molecule has 0 saturated heterocycles. The van der Waals surface area contributed by atoms with Gasteiger partial charge in [-0.1, -0.05) is 36.4 Å². The van der Waals surface area contributed by atoms with Crippen molar-refractivity contribution in [3.8, 4) is 11.5 Å². The molecule has 3 rings (SSSR count). The Balaban J connectivity index is 1.35. The van der Waals surface area contributed by atoms with E-state index in [1.54, 1.807) is 6.07 Å². The van der Waals surface area contributed by atoms with Gasteiger partial charge in [0.25, 0.3) is 0 Å². The van der Waals surface area contributed by atoms with Gasteiger partial charge in [0, 0.05) is 13.1 Å². The van der Waals surface area contributed by atoms with Crippen molar-refractivity contribution in [2.45, 2.75) is 13.1 Å². The van der Waals surface area contributed by atoms with Crippen molar-refractivity contribution in [1.82, 2.24) is 16.0 Å². The van der Waals surface area contributed by atoms with Gasteiger partial charge in [-0.3, -0.25) is 4.79 Å². The van der Waals surface area contributed by atoms with Gasteiger partial charge in [-0.2, -0.15) is 0 Å². The molecular formula is C18H19N3O4. The highest BCUT2D eigenvalue weighted by Crippen LogP contribution is 2.32. The molecule has 0 radical (unpaired) electrons. The molecule has 3 N–H and O–H groups in total. The number of ether oxygens (including phenoxy) is 2. The summed E-state index contributed by atoms with van der Waals surface area (Å²) in [6.07, 6.45) is 0. The second-order valence-corrected chi connectivity index (χ2v) is 5.49. The Morgan fingerprint density at radius 2 is 1.60 bits per heavy atom. The van der Waals surface area contributed by atoms with Crippen LogP contribution in [0.4, 0.5) is 4.79 Å². The maximum Gasteiger partial charge on any atom is 0.315 e. The maximum atomic E-state index is 11.8. The number of fused-ring (bicyclic) bond motifs is 1. The zero-order valence-corrected chi connectivity index (χ0v) is 13.6. The topological polar surface area (TPSA) is 88.7 Å². The third-order valence-electron chi connectivity index (χ3n) is 3.63. The molecule has 1 aliphatic rings. The van der Waals surface area contributed by atoms with Crippen molar-refractivity contribution in [3.05, 3.63) is 59.7 Å². The van der Waals surface area contributed by atoms with Crippen molar-refractivity contribution in [2.75, 3.05) is 13.3 Å². The number of hydrogen-bond donors (Lipinski definition) is 3. The SMILES string of the molecule is O=C(CNC(=O)NCc1ccccc1)NCc1ccc2c(c1)OCO2. The lowest BCUT2D eigenvalue weighted by molar-refractivity contribution is -0.120. The van der Waals surface area contributed by atoms with E-state index in [0.29, 0.717) is 24.6 Å². The minimum absolute atomic E-state index is 0.0921. The van der Waals surface area contributed by atoms with Gasteiger partial charge >= 0.3 is 6.03 Å². The van der Waals surface area contributed by atoms with E-state index in [9.17, 15) is 9.59 Å². The highest BCUT2D eigenvalue weighted by Gasteiger charge is 2.13. The molecule has 7 nitrogen and oxygen atoms in total. The number of carbonyl (C=O) groups excluding carboxylic acids is 2. The third kappa shape index (κ3) is 4.87. The van der Waals surface area contributed by atoms with E-state index in [1.165, 1.54) is 0 Å². The first-order chi connectivity index (χ1) is 12.2. The third-order valence-corrected chi connectivity index (χ3v) is 3.63. The molecule has 0 bridgehead atoms. The maximum absolute atomic E-state index is 11.8. The van der Waals surface area contributed by atoms with Crippen molar-refractivity contribution >= 4 is 11.9 Å². The van der Waals surface area contributed by atoms with Crippen LogP contribution < -0.4 is 25.4 Å². The zero-order valence-electron chi connectivity index (χ0n) is 13.6. The lowest BCUT2D eigenvalue weighted by atomic mass is 10.2. The second-order valence-electron chi connectivity index (χ2n) is 5.49. The minimum atomic E-state index is -0.387. The number of urea groups is 1. The van der Waals surface area contributed by atoms with Crippen molar-refractivity contribution < 1.29 is 19.1 Å². The number of hydrogen-bond acceptors (Lipinski definition) is 4. The molecule has 0 aliphatic carbocycles. The van der Waals surface area contributed by atoms with Gasteiger partial charge in [-0.15, -0.1) is 0 Å². The summed E-state index contributed by atoms with van der Waals surface area (Å²) in [5, 5.41) is 7.96. The van der Waals surface area contributed by atoms with Crippen LogP contribution in [-0.4, -0.2) is 25.3 Å². The number of rotatable bonds is 6. The first kappa shape index (κ1) is 16.6. The summed E-state index contributed by atoms with van der Waals surface area (Å²) in [4.78, 5) is 23.5. The molecule has 0 aromatic heterocycles. The summed E-state index contributed by atoms with van der Waals surface area (Å²) >= 11 is 0. The lowest BCUT2D eigenvalue weighted by Gasteiger charge is -2.09. The van der Waals surface area contributed by atoms with E-state index in [1.807, 2.05) is 42.5 Å². The molecule has 2 aromatic rings. The molecule has 1 aliphatic heterocycles. The van der Waals surface area contributed by atoms with Crippen LogP contribution in [0.5, 0.6) is 11.5 Å². The molecular weight excluding hydrogens is 322 g/mol. The monoisotopic (exact) mass is 341 g/mol. The van der Waals surface area contributed by atoms with E-state index in [2.05, 4.69) is 16.0 Å². The summed E-state index contributed by atoms with van der Waals surface area (Å²) in [6.45, 7) is 0.882. The Hall–Kier alpha value is -3.22. The lowest BCUT2D eigenvalue weighted by Crippen LogP contribution is -2.41. The predicted molar refractivity (Wildman–Crippen MR) is 91.1 cm³/mol. The molecule has 25 heavy (non-hydrogen) atoms. The summed E-state index contributed by atoms with van der Waals surface area (Å²) in [6, 6.07) is 14.6. The number of nitrogens with one attached hydrogen (secondary N) is 3. The molecule has 0 fully saturated rings. The highest BCUT2D eigenvalue weighted by atomic mass is 16.7. The highest BCUT2D eigenvalue weighted by molar-refractivity contribution is 5.83. The van der Waals surface area contributed by atoms with Gasteiger partial charge in [0.1, 0.15) is 0 Å². The van der Waals surface area contributed by atoms with Crippen LogP contribution in [0.1, 0.15) is 11.1 Å². The molecule has 1 heterocycles. The fourth-order valence-corrected chi connectivity index (χ4v) is 2.32. The summed E-state index contributed by atoms with van der Waals surface area (Å²) in [7, 11) is 0. The average Bonchev–Trinajstić information content (AvgIpc) is 3.11. The van der Waals surface area contributed by atoms with Crippen molar-refractivity contribution in [2.24, 2.45) is 0 Å². The van der Waals surface area contributed by atoms with E-state index < -0.39 is 0 Å². The van der Waals surface area contributed by atoms with E-state index in [0.717, 1.165) is 11.1 Å². The molecule has 130 valence electrons. The van der Waals surface area contributed by atoms with Crippen molar-refractivity contribution in [3.63, 3.8) is 0 Å². The molecule has 7 heteroatoms. The van der Waals surface area contributed by atoms with Crippen LogP contribution in [0, 0.1) is 0 Å². The van der Waals surface area contributed by atoms with Gasteiger partial charge in [-0.05, 0) is 23.3 Å². The molecule has 0 spiro atoms. The Kier molecular flexibility index (Phi) is 5.36. The second kappa shape index (κ2) is 8.05. The largest absolute Gasteiger partial charge is 0.454 e. The Morgan fingerprint density at radius 3 is 2.44 bits per heavy atom. The molecule has 3 amide bonds. The van der Waals surface area contributed by atoms with Crippen LogP contribution >= 0.6 is 0 Å². The van der Waals surface area contributed by atoms with Gasteiger partial charge in [0.05, 0.1) is 6.54 Å². The van der Waals surface area contributed by atoms with Crippen LogP contribution in [-0.2, 0) is 17.9 Å². The quantitative estimate of drug-likeness (QED) is 0.743. The molecule has 2 aromatic carbocycles. The minimum Gasteiger partial charge on any atom is -0.454 e. The van der Waals surface area contributed by atoms with Gasteiger partial charge in [0.15, 0.2) is 11.5 Å². The van der Waals surface area contributed by atoms with Crippen LogP contribution in [0.15, 0.2) is 48.5 Å². The van der Waals surface area contributed by atoms with Gasteiger partial charge < -0.3 is 25.4 Å². The van der Waals surface area contributed by atoms with Crippen LogP contribution in [0.2, 0.25) is 0 Å². The summed E-state index contributed by atoms with van der Waals surface area (Å²) < 4.78 is 10.5. The fourth-order valence-electron chi connectivity index (χ4n) is 2.32. The number of carbonyl (C=O) groups is 2. The number of amides is 3. The van der Waals surface area contributed by atoms with E-state index >= 15 is 0 Å². The smallest absolute Gasteiger partial charge is 0.315 e. The van der Waals surface area contributed by atoms with Crippen LogP contribution in [0.25, 0.3) is 0 Å². The summed E-state index contributed by atoms with van der Waals surface area (Å²) in [5.74, 6) is 1.10. The van der Waals surface area contributed by atoms with Gasteiger partial charge in [0.2, 0.25) is 12.7 Å². The Bertz CT molecular complexity index is 749. The summed E-state index contributed by atoms with van der Waals surface area (Å²) in [5.41, 5.74) is 1.89. The van der Waals surface area contributed by atoms with Crippen LogP contribution in [0.3, 0.4) is 0 Å². The van der Waals surface area contributed by atoms with E-state index in [-0.39, 0.29) is 25.3 Å². The molecule has 0 atom stereocenters. The first-order valence-electron chi connectivity index (χ1n) is 7.91. The Labute approximate surface area is 145 Å².